The van der Waals surface area contributed by atoms with Crippen LogP contribution in [0.1, 0.15) is 18.4 Å². The molecule has 0 aliphatic heterocycles. The summed E-state index contributed by atoms with van der Waals surface area (Å²) < 4.78 is 0. The molecule has 0 fully saturated rings. The van der Waals surface area contributed by atoms with E-state index in [1.165, 1.54) is 0 Å². The molecule has 2 heteroatoms. The third-order valence-corrected chi connectivity index (χ3v) is 2.00. The number of hydrogen-bond acceptors (Lipinski definition) is 2. The largest absolute Gasteiger partial charge is 0.321 e. The van der Waals surface area contributed by atoms with E-state index in [0.29, 0.717) is 0 Å². The highest BCUT2D eigenvalue weighted by atomic mass is 16.1. The maximum atomic E-state index is 10.3. The Bertz CT molecular complexity index is 245. The number of carbonyl (C=O) groups excluding carboxylic acids is 1. The lowest BCUT2D eigenvalue weighted by molar-refractivity contribution is 0.528. The molecule has 0 amide bonds. The molecule has 2 nitrogen and oxygen atoms in total. The maximum Gasteiger partial charge on any atom is 0.217 e. The zero-order valence-corrected chi connectivity index (χ0v) is 7.03. The molecular formula is C10H12NO. The van der Waals surface area contributed by atoms with E-state index in [1.807, 2.05) is 37.3 Å². The van der Waals surface area contributed by atoms with E-state index in [9.17, 15) is 4.79 Å². The van der Waals surface area contributed by atoms with Gasteiger partial charge in [-0.15, -0.1) is 0 Å². The molecule has 0 aromatic heterocycles. The zero-order valence-electron chi connectivity index (χ0n) is 7.03. The molecule has 0 aliphatic carbocycles. The van der Waals surface area contributed by atoms with Gasteiger partial charge in [0.25, 0.3) is 0 Å². The van der Waals surface area contributed by atoms with Crippen LogP contribution in [0, 0.1) is 0 Å². The monoisotopic (exact) mass is 162 g/mol. The third kappa shape index (κ3) is 1.92. The Morgan fingerprint density at radius 3 is 2.42 bits per heavy atom. The summed E-state index contributed by atoms with van der Waals surface area (Å²) in [5.41, 5.74) is 6.60. The molecule has 1 aromatic carbocycles. The average molecular weight is 162 g/mol. The van der Waals surface area contributed by atoms with Gasteiger partial charge in [-0.05, 0) is 5.56 Å². The van der Waals surface area contributed by atoms with Crippen molar-refractivity contribution in [2.75, 3.05) is 0 Å². The van der Waals surface area contributed by atoms with Crippen LogP contribution in [0.25, 0.3) is 0 Å². The van der Waals surface area contributed by atoms with Gasteiger partial charge in [-0.25, -0.2) is 0 Å². The molecule has 0 aliphatic rings. The first kappa shape index (κ1) is 8.94. The van der Waals surface area contributed by atoms with Gasteiger partial charge >= 0.3 is 0 Å². The summed E-state index contributed by atoms with van der Waals surface area (Å²) in [7, 11) is 0. The molecular weight excluding hydrogens is 150 g/mol. The predicted molar refractivity (Wildman–Crippen MR) is 48.5 cm³/mol. The standard InChI is InChI=1S/C10H12NO/c1-8(10(11)7-12)9-5-3-2-4-6-9/h2-6,8,10H,11H2,1H3/t8?,10-/m1/s1. The number of benzene rings is 1. The van der Waals surface area contributed by atoms with Crippen molar-refractivity contribution in [3.8, 4) is 0 Å². The summed E-state index contributed by atoms with van der Waals surface area (Å²) in [6.45, 7) is 1.92. The highest BCUT2D eigenvalue weighted by Crippen LogP contribution is 2.15. The quantitative estimate of drug-likeness (QED) is 0.726. The molecule has 1 rings (SSSR count). The van der Waals surface area contributed by atoms with Crippen molar-refractivity contribution in [1.82, 2.24) is 0 Å². The molecule has 0 heterocycles. The van der Waals surface area contributed by atoms with Crippen molar-refractivity contribution < 1.29 is 4.79 Å². The second kappa shape index (κ2) is 4.02. The molecule has 63 valence electrons. The molecule has 1 aromatic rings. The van der Waals surface area contributed by atoms with Gasteiger partial charge < -0.3 is 5.73 Å². The molecule has 1 radical (unpaired) electrons. The Morgan fingerprint density at radius 1 is 1.33 bits per heavy atom. The lowest BCUT2D eigenvalue weighted by Gasteiger charge is -2.13. The Labute approximate surface area is 72.4 Å². The second-order valence-corrected chi connectivity index (χ2v) is 2.84. The van der Waals surface area contributed by atoms with Crippen molar-refractivity contribution in [1.29, 1.82) is 0 Å². The Balaban J connectivity index is 2.78. The zero-order chi connectivity index (χ0) is 8.97. The maximum absolute atomic E-state index is 10.3. The second-order valence-electron chi connectivity index (χ2n) is 2.84. The lowest BCUT2D eigenvalue weighted by Crippen LogP contribution is -2.27. The van der Waals surface area contributed by atoms with Crippen LogP contribution < -0.4 is 5.73 Å². The van der Waals surface area contributed by atoms with Gasteiger partial charge in [-0.1, -0.05) is 37.3 Å². The summed E-state index contributed by atoms with van der Waals surface area (Å²) in [5, 5.41) is 0. The summed E-state index contributed by atoms with van der Waals surface area (Å²) >= 11 is 0. The number of rotatable bonds is 3. The average Bonchev–Trinajstić information content (AvgIpc) is 2.17. The summed E-state index contributed by atoms with van der Waals surface area (Å²) in [5.74, 6) is 0.0451. The molecule has 12 heavy (non-hydrogen) atoms. The van der Waals surface area contributed by atoms with Crippen molar-refractivity contribution in [2.24, 2.45) is 5.73 Å². The van der Waals surface area contributed by atoms with Crippen LogP contribution in [0.2, 0.25) is 0 Å². The molecule has 1 unspecified atom stereocenters. The predicted octanol–water partition coefficient (Wildman–Crippen LogP) is 1.23. The minimum Gasteiger partial charge on any atom is -0.321 e. The van der Waals surface area contributed by atoms with Crippen LogP contribution in [0.3, 0.4) is 0 Å². The highest BCUT2D eigenvalue weighted by molar-refractivity contribution is 5.60. The van der Waals surface area contributed by atoms with E-state index in [0.717, 1.165) is 5.56 Å². The smallest absolute Gasteiger partial charge is 0.217 e. The van der Waals surface area contributed by atoms with Gasteiger partial charge in [0.2, 0.25) is 6.29 Å². The molecule has 2 N–H and O–H groups in total. The van der Waals surface area contributed by atoms with E-state index in [-0.39, 0.29) is 5.92 Å². The SMILES string of the molecule is CC(c1ccccc1)[C@H](N)[C]=O. The third-order valence-electron chi connectivity index (χ3n) is 2.00. The van der Waals surface area contributed by atoms with Gasteiger partial charge in [-0.2, -0.15) is 0 Å². The first-order valence-electron chi connectivity index (χ1n) is 3.94. The minimum absolute atomic E-state index is 0.0451. The van der Waals surface area contributed by atoms with Crippen LogP contribution in [0.5, 0.6) is 0 Å². The van der Waals surface area contributed by atoms with E-state index < -0.39 is 6.04 Å². The first-order valence-corrected chi connectivity index (χ1v) is 3.94. The molecule has 0 saturated heterocycles. The van der Waals surface area contributed by atoms with Crippen molar-refractivity contribution in [2.45, 2.75) is 18.9 Å². The van der Waals surface area contributed by atoms with Crippen molar-refractivity contribution in [3.63, 3.8) is 0 Å². The van der Waals surface area contributed by atoms with Gasteiger partial charge in [-0.3, -0.25) is 4.79 Å². The minimum atomic E-state index is -0.521. The van der Waals surface area contributed by atoms with Crippen molar-refractivity contribution >= 4 is 6.29 Å². The van der Waals surface area contributed by atoms with E-state index in [1.54, 1.807) is 6.29 Å². The molecule has 2 atom stereocenters. The highest BCUT2D eigenvalue weighted by Gasteiger charge is 2.13. The summed E-state index contributed by atoms with van der Waals surface area (Å²) in [4.78, 5) is 10.3. The fourth-order valence-corrected chi connectivity index (χ4v) is 1.07. The normalized spacial score (nSPS) is 15.2. The van der Waals surface area contributed by atoms with Gasteiger partial charge in [0, 0.05) is 5.92 Å². The fourth-order valence-electron chi connectivity index (χ4n) is 1.07. The van der Waals surface area contributed by atoms with E-state index in [2.05, 4.69) is 0 Å². The molecule has 0 saturated carbocycles. The summed E-state index contributed by atoms with van der Waals surface area (Å²) in [6, 6.07) is 9.20. The Morgan fingerprint density at radius 2 is 1.92 bits per heavy atom. The van der Waals surface area contributed by atoms with Crippen LogP contribution >= 0.6 is 0 Å². The lowest BCUT2D eigenvalue weighted by atomic mass is 9.95. The Hall–Kier alpha value is -1.15. The summed E-state index contributed by atoms with van der Waals surface area (Å²) in [6.07, 6.45) is 1.79. The van der Waals surface area contributed by atoms with Crippen LogP contribution in [-0.4, -0.2) is 12.3 Å². The number of hydrogen-bond donors (Lipinski definition) is 1. The van der Waals surface area contributed by atoms with Crippen LogP contribution in [-0.2, 0) is 4.79 Å². The first-order chi connectivity index (χ1) is 5.75. The van der Waals surface area contributed by atoms with Crippen molar-refractivity contribution in [3.05, 3.63) is 35.9 Å². The van der Waals surface area contributed by atoms with Gasteiger partial charge in [0.15, 0.2) is 0 Å². The van der Waals surface area contributed by atoms with Crippen LogP contribution in [0.15, 0.2) is 30.3 Å². The fraction of sp³-hybridized carbons (Fsp3) is 0.300. The Kier molecular flexibility index (Phi) is 3.00. The van der Waals surface area contributed by atoms with Crippen LogP contribution in [0.4, 0.5) is 0 Å². The molecule has 0 spiro atoms. The molecule has 0 bridgehead atoms. The van der Waals surface area contributed by atoms with Gasteiger partial charge in [0.05, 0.1) is 6.04 Å². The number of nitrogens with two attached hydrogens (primary N) is 1. The van der Waals surface area contributed by atoms with E-state index in [4.69, 9.17) is 5.73 Å². The van der Waals surface area contributed by atoms with Gasteiger partial charge in [0.1, 0.15) is 0 Å². The van der Waals surface area contributed by atoms with E-state index >= 15 is 0 Å². The topological polar surface area (TPSA) is 43.1 Å².